The number of hydrogen-bond acceptors (Lipinski definition) is 6. The predicted octanol–water partition coefficient (Wildman–Crippen LogP) is 0.655. The van der Waals surface area contributed by atoms with Gasteiger partial charge >= 0.3 is 6.09 Å². The molecule has 1 atom stereocenters. The van der Waals surface area contributed by atoms with E-state index < -0.39 is 29.5 Å². The molecule has 9 nitrogen and oxygen atoms in total. The molecule has 0 spiro atoms. The van der Waals surface area contributed by atoms with E-state index in [4.69, 9.17) is 10.8 Å². The summed E-state index contributed by atoms with van der Waals surface area (Å²) in [6.45, 7) is 1.53. The van der Waals surface area contributed by atoms with Gasteiger partial charge in [0.05, 0.1) is 11.1 Å². The molecular formula is C15H14N4O5. The predicted molar refractivity (Wildman–Crippen MR) is 83.3 cm³/mol. The van der Waals surface area contributed by atoms with Crippen LogP contribution in [0.3, 0.4) is 0 Å². The van der Waals surface area contributed by atoms with Crippen molar-refractivity contribution in [3.63, 3.8) is 0 Å². The molecular weight excluding hydrogens is 316 g/mol. The fraction of sp³-hybridized carbons (Fsp3) is 0.267. The number of fused-ring (bicyclic) bond motifs is 1. The van der Waals surface area contributed by atoms with Crippen LogP contribution in [0.1, 0.15) is 24.7 Å². The second-order valence-electron chi connectivity index (χ2n) is 5.48. The second-order valence-corrected chi connectivity index (χ2v) is 5.48. The van der Waals surface area contributed by atoms with Crippen molar-refractivity contribution in [3.8, 4) is 0 Å². The summed E-state index contributed by atoms with van der Waals surface area (Å²) >= 11 is 0. The van der Waals surface area contributed by atoms with Crippen molar-refractivity contribution in [3.05, 3.63) is 34.4 Å². The molecule has 9 heteroatoms. The molecule has 1 aromatic heterocycles. The van der Waals surface area contributed by atoms with Gasteiger partial charge in [0.25, 0.3) is 11.5 Å². The number of aryl methyl sites for hydroxylation is 1. The number of carbonyl (C=O) groups is 3. The van der Waals surface area contributed by atoms with Crippen molar-refractivity contribution in [1.29, 1.82) is 0 Å². The summed E-state index contributed by atoms with van der Waals surface area (Å²) in [6.07, 6.45) is -1.76. The Morgan fingerprint density at radius 2 is 2.04 bits per heavy atom. The van der Waals surface area contributed by atoms with E-state index in [1.807, 2.05) is 0 Å². The summed E-state index contributed by atoms with van der Waals surface area (Å²) in [5.41, 5.74) is 5.98. The average Bonchev–Trinajstić information content (AvgIpc) is 2.50. The average molecular weight is 330 g/mol. The zero-order valence-electron chi connectivity index (χ0n) is 12.7. The lowest BCUT2D eigenvalue weighted by molar-refractivity contribution is -0.148. The van der Waals surface area contributed by atoms with Gasteiger partial charge in [-0.05, 0) is 25.5 Å². The number of nitrogens with zero attached hydrogens (tertiary/aromatic N) is 3. The summed E-state index contributed by atoms with van der Waals surface area (Å²) in [4.78, 5) is 52.4. The molecule has 0 aliphatic carbocycles. The molecule has 0 radical (unpaired) electrons. The van der Waals surface area contributed by atoms with E-state index in [0.29, 0.717) is 11.2 Å². The number of aromatic nitrogens is 2. The number of amides is 3. The maximum Gasteiger partial charge on any atom is 0.421 e. The van der Waals surface area contributed by atoms with E-state index in [2.05, 4.69) is 4.98 Å². The highest BCUT2D eigenvalue weighted by Crippen LogP contribution is 2.25. The van der Waals surface area contributed by atoms with Gasteiger partial charge in [0.2, 0.25) is 5.91 Å². The second kappa shape index (κ2) is 5.44. The minimum Gasteiger partial charge on any atom is -0.464 e. The van der Waals surface area contributed by atoms with Gasteiger partial charge in [-0.3, -0.25) is 19.0 Å². The Balaban J connectivity index is 2.20. The van der Waals surface area contributed by atoms with Crippen molar-refractivity contribution >= 4 is 34.5 Å². The molecule has 1 aromatic carbocycles. The molecule has 1 unspecified atom stereocenters. The Kier molecular flexibility index (Phi) is 3.55. The first-order valence-electron chi connectivity index (χ1n) is 7.20. The van der Waals surface area contributed by atoms with Crippen LogP contribution in [0.25, 0.3) is 10.9 Å². The SMILES string of the molecule is Cc1nc2c(N)cccc2c(=O)n1C1CCC(=O)N(C(=O)O)C1=O. The Hall–Kier alpha value is -3.23. The molecule has 3 N–H and O–H groups in total. The van der Waals surface area contributed by atoms with Crippen LogP contribution in [-0.2, 0) is 9.59 Å². The third-order valence-corrected chi connectivity index (χ3v) is 4.03. The van der Waals surface area contributed by atoms with E-state index in [1.165, 1.54) is 13.0 Å². The van der Waals surface area contributed by atoms with E-state index in [1.54, 1.807) is 12.1 Å². The highest BCUT2D eigenvalue weighted by molar-refractivity contribution is 6.11. The quantitative estimate of drug-likeness (QED) is 0.579. The Morgan fingerprint density at radius 3 is 2.71 bits per heavy atom. The number of imide groups is 3. The van der Waals surface area contributed by atoms with E-state index in [9.17, 15) is 19.2 Å². The summed E-state index contributed by atoms with van der Waals surface area (Å²) in [5.74, 6) is -1.52. The molecule has 2 heterocycles. The minimum atomic E-state index is -1.65. The van der Waals surface area contributed by atoms with Crippen LogP contribution in [0.4, 0.5) is 10.5 Å². The van der Waals surface area contributed by atoms with Crippen molar-refractivity contribution < 1.29 is 19.5 Å². The molecule has 0 bridgehead atoms. The Bertz CT molecular complexity index is 949. The topological polar surface area (TPSA) is 136 Å². The summed E-state index contributed by atoms with van der Waals surface area (Å²) in [7, 11) is 0. The molecule has 0 saturated carbocycles. The van der Waals surface area contributed by atoms with Crippen molar-refractivity contribution in [2.75, 3.05) is 5.73 Å². The number of hydrogen-bond donors (Lipinski definition) is 2. The van der Waals surface area contributed by atoms with E-state index >= 15 is 0 Å². The number of piperidine rings is 1. The molecule has 1 fully saturated rings. The number of carbonyl (C=O) groups excluding carboxylic acids is 2. The lowest BCUT2D eigenvalue weighted by Crippen LogP contribution is -2.50. The van der Waals surface area contributed by atoms with Crippen LogP contribution in [0, 0.1) is 6.92 Å². The van der Waals surface area contributed by atoms with Crippen LogP contribution in [0.15, 0.2) is 23.0 Å². The monoisotopic (exact) mass is 330 g/mol. The van der Waals surface area contributed by atoms with Crippen molar-refractivity contribution in [1.82, 2.24) is 14.5 Å². The first kappa shape index (κ1) is 15.7. The van der Waals surface area contributed by atoms with Gasteiger partial charge in [0.1, 0.15) is 17.4 Å². The molecule has 1 aliphatic heterocycles. The van der Waals surface area contributed by atoms with E-state index in [0.717, 1.165) is 4.57 Å². The standard InChI is InChI=1S/C15H14N4O5/c1-7-17-12-8(3-2-4-9(12)16)13(21)18(7)10-5-6-11(20)19(14(10)22)15(23)24/h2-4,10H,5-6,16H2,1H3,(H,23,24). The van der Waals surface area contributed by atoms with Crippen LogP contribution >= 0.6 is 0 Å². The zero-order valence-corrected chi connectivity index (χ0v) is 12.7. The normalized spacial score (nSPS) is 18.2. The molecule has 1 aliphatic rings. The summed E-state index contributed by atoms with van der Waals surface area (Å²) in [5, 5.41) is 9.28. The van der Waals surface area contributed by atoms with Crippen LogP contribution in [0.2, 0.25) is 0 Å². The Labute approximate surface area is 135 Å². The molecule has 3 rings (SSSR count). The number of likely N-dealkylation sites (tertiary alicyclic amines) is 1. The molecule has 124 valence electrons. The first-order valence-corrected chi connectivity index (χ1v) is 7.20. The zero-order chi connectivity index (χ0) is 17.6. The number of rotatable bonds is 1. The largest absolute Gasteiger partial charge is 0.464 e. The lowest BCUT2D eigenvalue weighted by atomic mass is 10.0. The smallest absolute Gasteiger partial charge is 0.421 e. The highest BCUT2D eigenvalue weighted by Gasteiger charge is 2.40. The number of nitrogen functional groups attached to an aromatic ring is 1. The van der Waals surface area contributed by atoms with Crippen LogP contribution in [0.5, 0.6) is 0 Å². The molecule has 2 aromatic rings. The first-order chi connectivity index (χ1) is 11.3. The third kappa shape index (κ3) is 2.21. The van der Waals surface area contributed by atoms with Crippen LogP contribution < -0.4 is 11.3 Å². The van der Waals surface area contributed by atoms with Gasteiger partial charge in [-0.1, -0.05) is 6.07 Å². The maximum absolute atomic E-state index is 12.8. The minimum absolute atomic E-state index is 0.0394. The van der Waals surface area contributed by atoms with Gasteiger partial charge < -0.3 is 10.8 Å². The number of carboxylic acid groups (broad SMARTS) is 1. The van der Waals surface area contributed by atoms with Gasteiger partial charge in [0, 0.05) is 6.42 Å². The van der Waals surface area contributed by atoms with Crippen molar-refractivity contribution in [2.45, 2.75) is 25.8 Å². The van der Waals surface area contributed by atoms with Crippen LogP contribution in [-0.4, -0.2) is 37.5 Å². The Morgan fingerprint density at radius 1 is 1.33 bits per heavy atom. The van der Waals surface area contributed by atoms with E-state index in [-0.39, 0.29) is 29.0 Å². The number of para-hydroxylation sites is 1. The van der Waals surface area contributed by atoms with Gasteiger partial charge in [0.15, 0.2) is 0 Å². The molecule has 3 amide bonds. The number of nitrogens with two attached hydrogens (primary N) is 1. The summed E-state index contributed by atoms with van der Waals surface area (Å²) < 4.78 is 1.13. The van der Waals surface area contributed by atoms with Crippen molar-refractivity contribution in [2.24, 2.45) is 0 Å². The van der Waals surface area contributed by atoms with Gasteiger partial charge in [-0.25, -0.2) is 9.78 Å². The summed E-state index contributed by atoms with van der Waals surface area (Å²) in [6, 6.07) is 3.64. The van der Waals surface area contributed by atoms with Gasteiger partial charge in [-0.2, -0.15) is 4.90 Å². The fourth-order valence-corrected chi connectivity index (χ4v) is 2.93. The third-order valence-electron chi connectivity index (χ3n) is 4.03. The molecule has 24 heavy (non-hydrogen) atoms. The highest BCUT2D eigenvalue weighted by atomic mass is 16.4. The fourth-order valence-electron chi connectivity index (χ4n) is 2.93. The number of anilines is 1. The lowest BCUT2D eigenvalue weighted by Gasteiger charge is -2.29. The number of benzene rings is 1. The molecule has 1 saturated heterocycles. The maximum atomic E-state index is 12.8. The van der Waals surface area contributed by atoms with Gasteiger partial charge in [-0.15, -0.1) is 0 Å².